The van der Waals surface area contributed by atoms with Crippen LogP contribution in [0.15, 0.2) is 12.1 Å². The van der Waals surface area contributed by atoms with Crippen molar-refractivity contribution >= 4 is 12.6 Å². The number of hydrogen-bond acceptors (Lipinski definition) is 3. The third kappa shape index (κ3) is 4.48. The van der Waals surface area contributed by atoms with Crippen molar-refractivity contribution in [1.29, 1.82) is 0 Å². The Morgan fingerprint density at radius 3 is 1.35 bits per heavy atom. The van der Waals surface area contributed by atoms with E-state index in [9.17, 15) is 57.1 Å². The van der Waals surface area contributed by atoms with Gasteiger partial charge in [0, 0.05) is 0 Å². The Labute approximate surface area is 122 Å². The maximum atomic E-state index is 13.2. The van der Waals surface area contributed by atoms with Gasteiger partial charge in [-0.25, -0.2) is 0 Å². The summed E-state index contributed by atoms with van der Waals surface area (Å²) in [4.78, 5) is 0. The molecular weight excluding hydrogens is 395 g/mol. The third-order valence-corrected chi connectivity index (χ3v) is 1.98. The summed E-state index contributed by atoms with van der Waals surface area (Å²) in [5.41, 5.74) is 0. The van der Waals surface area contributed by atoms with Crippen LogP contribution in [0.1, 0.15) is 0 Å². The molecular formula is C7HF13O2S. The summed E-state index contributed by atoms with van der Waals surface area (Å²) < 4.78 is 164. The van der Waals surface area contributed by atoms with Crippen LogP contribution in [-0.2, 0) is 9.47 Å². The molecule has 2 nitrogen and oxygen atoms in total. The number of hydrogen-bond donors (Lipinski definition) is 1. The predicted molar refractivity (Wildman–Crippen MR) is 46.2 cm³/mol. The monoisotopic (exact) mass is 396 g/mol. The SMILES string of the molecule is FC(F)=C(F)OC(F)(F)C(F)(OC(F)(F)C(F)(F)S)C(F)(F)F. The Bertz CT molecular complexity index is 462. The van der Waals surface area contributed by atoms with Crippen molar-refractivity contribution < 1.29 is 66.5 Å². The van der Waals surface area contributed by atoms with Crippen LogP contribution < -0.4 is 0 Å². The minimum Gasteiger partial charge on any atom is -0.398 e. The number of halogens is 13. The van der Waals surface area contributed by atoms with Crippen molar-refractivity contribution in [1.82, 2.24) is 0 Å². The second kappa shape index (κ2) is 6.10. The van der Waals surface area contributed by atoms with Crippen molar-refractivity contribution in [3.63, 3.8) is 0 Å². The molecule has 0 radical (unpaired) electrons. The molecule has 0 spiro atoms. The number of alkyl halides is 10. The molecule has 0 amide bonds. The van der Waals surface area contributed by atoms with Gasteiger partial charge in [-0.05, 0) is 0 Å². The summed E-state index contributed by atoms with van der Waals surface area (Å²) in [6, 6.07) is -3.80. The van der Waals surface area contributed by atoms with E-state index >= 15 is 0 Å². The van der Waals surface area contributed by atoms with Crippen LogP contribution in [0, 0.1) is 0 Å². The largest absolute Gasteiger partial charge is 0.471 e. The topological polar surface area (TPSA) is 18.5 Å². The van der Waals surface area contributed by atoms with E-state index in [0.717, 1.165) is 0 Å². The highest BCUT2D eigenvalue weighted by molar-refractivity contribution is 7.81. The molecule has 16 heteroatoms. The van der Waals surface area contributed by atoms with Gasteiger partial charge in [-0.2, -0.15) is 57.1 Å². The van der Waals surface area contributed by atoms with E-state index in [1.54, 1.807) is 17.4 Å². The molecule has 1 unspecified atom stereocenters. The first-order chi connectivity index (χ1) is 9.78. The first kappa shape index (κ1) is 21.9. The minimum absolute atomic E-state index is 1.71. The first-order valence-corrected chi connectivity index (χ1v) is 4.94. The zero-order valence-electron chi connectivity index (χ0n) is 9.68. The van der Waals surface area contributed by atoms with Gasteiger partial charge in [-0.1, -0.05) is 12.6 Å². The fraction of sp³-hybridized carbons (Fsp3) is 0.714. The molecule has 0 rings (SSSR count). The van der Waals surface area contributed by atoms with Gasteiger partial charge in [-0.3, -0.25) is 4.74 Å². The summed E-state index contributed by atoms with van der Waals surface area (Å²) >= 11 is 1.71. The van der Waals surface area contributed by atoms with Gasteiger partial charge in [0.25, 0.3) is 0 Å². The molecule has 0 saturated carbocycles. The maximum absolute atomic E-state index is 13.2. The lowest BCUT2D eigenvalue weighted by Crippen LogP contribution is -2.62. The molecule has 0 aliphatic carbocycles. The van der Waals surface area contributed by atoms with Crippen molar-refractivity contribution in [2.75, 3.05) is 0 Å². The van der Waals surface area contributed by atoms with E-state index in [4.69, 9.17) is 0 Å². The molecule has 1 atom stereocenters. The molecule has 0 bridgehead atoms. The molecule has 0 heterocycles. The van der Waals surface area contributed by atoms with E-state index in [2.05, 4.69) is 0 Å². The van der Waals surface area contributed by atoms with Gasteiger partial charge >= 0.3 is 41.6 Å². The lowest BCUT2D eigenvalue weighted by molar-refractivity contribution is -0.509. The molecule has 0 aromatic carbocycles. The summed E-state index contributed by atoms with van der Waals surface area (Å²) in [6.07, 6.45) is -24.7. The fourth-order valence-corrected chi connectivity index (χ4v) is 0.783. The van der Waals surface area contributed by atoms with E-state index < -0.39 is 41.6 Å². The highest BCUT2D eigenvalue weighted by Crippen LogP contribution is 2.53. The lowest BCUT2D eigenvalue weighted by atomic mass is 10.2. The van der Waals surface area contributed by atoms with Gasteiger partial charge in [0.05, 0.1) is 0 Å². The second-order valence-corrected chi connectivity index (χ2v) is 3.97. The average Bonchev–Trinajstić information content (AvgIpc) is 2.23. The molecule has 0 aromatic heterocycles. The van der Waals surface area contributed by atoms with Crippen LogP contribution in [0.25, 0.3) is 0 Å². The molecule has 0 fully saturated rings. The normalized spacial score (nSPS) is 16.8. The highest BCUT2D eigenvalue weighted by atomic mass is 32.1. The van der Waals surface area contributed by atoms with Crippen LogP contribution in [0.5, 0.6) is 0 Å². The Morgan fingerprint density at radius 2 is 1.09 bits per heavy atom. The number of thiol groups is 1. The van der Waals surface area contributed by atoms with Crippen LogP contribution >= 0.6 is 12.6 Å². The Morgan fingerprint density at radius 1 is 0.696 bits per heavy atom. The highest BCUT2D eigenvalue weighted by Gasteiger charge is 2.80. The molecule has 23 heavy (non-hydrogen) atoms. The molecule has 0 saturated heterocycles. The fourth-order valence-electron chi connectivity index (χ4n) is 0.737. The Balaban J connectivity index is 6.01. The van der Waals surface area contributed by atoms with Gasteiger partial charge in [0.2, 0.25) is 0 Å². The molecule has 0 aliphatic rings. The van der Waals surface area contributed by atoms with Crippen LogP contribution in [-0.4, -0.2) is 29.5 Å². The van der Waals surface area contributed by atoms with Gasteiger partial charge in [-0.15, -0.1) is 0 Å². The summed E-state index contributed by atoms with van der Waals surface area (Å²) in [5, 5.41) is -5.93. The van der Waals surface area contributed by atoms with Crippen molar-refractivity contribution in [2.24, 2.45) is 0 Å². The smallest absolute Gasteiger partial charge is 0.398 e. The lowest BCUT2D eigenvalue weighted by Gasteiger charge is -2.36. The molecule has 0 N–H and O–H groups in total. The quantitative estimate of drug-likeness (QED) is 0.388. The average molecular weight is 396 g/mol. The van der Waals surface area contributed by atoms with Crippen LogP contribution in [0.3, 0.4) is 0 Å². The van der Waals surface area contributed by atoms with Crippen molar-refractivity contribution in [3.05, 3.63) is 12.1 Å². The molecule has 138 valence electrons. The second-order valence-electron chi connectivity index (χ2n) is 3.41. The summed E-state index contributed by atoms with van der Waals surface area (Å²) in [6.45, 7) is 0. The maximum Gasteiger partial charge on any atom is 0.471 e. The van der Waals surface area contributed by atoms with Crippen molar-refractivity contribution in [2.45, 2.75) is 29.5 Å². The Hall–Kier alpha value is -1.06. The number of ether oxygens (including phenoxy) is 2. The first-order valence-electron chi connectivity index (χ1n) is 4.50. The standard InChI is InChI=1S/C7HF13O2S/c8-1(9)2(10)21-5(15,16)3(11,4(12,13)14)22-6(17,18)7(19,20)23/h23H. The van der Waals surface area contributed by atoms with Crippen LogP contribution in [0.4, 0.5) is 57.1 Å². The van der Waals surface area contributed by atoms with E-state index in [1.807, 2.05) is 4.74 Å². The third-order valence-electron chi connectivity index (χ3n) is 1.72. The van der Waals surface area contributed by atoms with E-state index in [1.165, 1.54) is 0 Å². The molecule has 0 aromatic rings. The number of rotatable bonds is 6. The zero-order valence-corrected chi connectivity index (χ0v) is 10.6. The predicted octanol–water partition coefficient (Wildman–Crippen LogP) is 4.99. The summed E-state index contributed by atoms with van der Waals surface area (Å²) in [5.74, 6) is -7.15. The minimum atomic E-state index is -7.26. The van der Waals surface area contributed by atoms with Crippen LogP contribution in [0.2, 0.25) is 0 Å². The van der Waals surface area contributed by atoms with Gasteiger partial charge < -0.3 is 4.74 Å². The summed E-state index contributed by atoms with van der Waals surface area (Å²) in [7, 11) is 0. The van der Waals surface area contributed by atoms with E-state index in [-0.39, 0.29) is 0 Å². The van der Waals surface area contributed by atoms with Gasteiger partial charge in [0.1, 0.15) is 0 Å². The van der Waals surface area contributed by atoms with E-state index in [0.29, 0.717) is 0 Å². The zero-order chi connectivity index (χ0) is 19.1. The Kier molecular flexibility index (Phi) is 5.82. The van der Waals surface area contributed by atoms with Gasteiger partial charge in [0.15, 0.2) is 0 Å². The molecule has 0 aliphatic heterocycles. The van der Waals surface area contributed by atoms with Crippen molar-refractivity contribution in [3.8, 4) is 0 Å².